The number of hydrogen-bond acceptors (Lipinski definition) is 2. The zero-order valence-electron chi connectivity index (χ0n) is 7.46. The van der Waals surface area contributed by atoms with Crippen LogP contribution in [0.2, 0.25) is 0 Å². The van der Waals surface area contributed by atoms with E-state index in [2.05, 4.69) is 41.6 Å². The first-order valence-corrected chi connectivity index (χ1v) is 3.75. The van der Waals surface area contributed by atoms with Crippen molar-refractivity contribution >= 4 is 6.34 Å². The third kappa shape index (κ3) is 4.94. The summed E-state index contributed by atoms with van der Waals surface area (Å²) in [7, 11) is 0. The molecule has 0 amide bonds. The van der Waals surface area contributed by atoms with Gasteiger partial charge in [-0.1, -0.05) is 0 Å². The Hall–Kier alpha value is -2.49. The SMILES string of the molecule is N=CN=N/N=N/N=N/N=NC1=C[NH2+]C=C1. The molecule has 0 radical (unpaired) electrons. The monoisotopic (exact) mass is 207 g/mol. The van der Waals surface area contributed by atoms with Gasteiger partial charge < -0.3 is 0 Å². The highest BCUT2D eigenvalue weighted by Crippen LogP contribution is 1.99. The molecule has 0 spiro atoms. The van der Waals surface area contributed by atoms with Crippen LogP contribution in [0.1, 0.15) is 0 Å². The molecule has 1 aliphatic rings. The predicted octanol–water partition coefficient (Wildman–Crippen LogP) is 1.08. The van der Waals surface area contributed by atoms with Gasteiger partial charge in [0.15, 0.2) is 0 Å². The van der Waals surface area contributed by atoms with Crippen LogP contribution in [-0.4, -0.2) is 6.34 Å². The Morgan fingerprint density at radius 3 is 2.47 bits per heavy atom. The molecule has 0 unspecified atom stereocenters. The lowest BCUT2D eigenvalue weighted by Crippen LogP contribution is -2.69. The lowest BCUT2D eigenvalue weighted by atomic mass is 10.5. The van der Waals surface area contributed by atoms with Gasteiger partial charge in [-0.15, -0.1) is 10.2 Å². The molecule has 0 aliphatic carbocycles. The Morgan fingerprint density at radius 2 is 1.80 bits per heavy atom. The van der Waals surface area contributed by atoms with Crippen molar-refractivity contribution in [3.05, 3.63) is 24.2 Å². The minimum atomic E-state index is 0.675. The van der Waals surface area contributed by atoms with E-state index in [-0.39, 0.29) is 0 Å². The molecule has 15 heavy (non-hydrogen) atoms. The number of rotatable bonds is 5. The number of nitrogens with two attached hydrogens (primary N) is 1. The van der Waals surface area contributed by atoms with E-state index in [9.17, 15) is 0 Å². The maximum Gasteiger partial charge on any atom is 0.146 e. The van der Waals surface area contributed by atoms with E-state index in [0.29, 0.717) is 12.0 Å². The maximum absolute atomic E-state index is 6.45. The Labute approximate surface area is 83.7 Å². The zero-order chi connectivity index (χ0) is 10.8. The van der Waals surface area contributed by atoms with E-state index in [1.54, 1.807) is 12.3 Å². The van der Waals surface area contributed by atoms with Gasteiger partial charge in [-0.25, -0.2) is 0 Å². The van der Waals surface area contributed by atoms with Gasteiger partial charge in [0.25, 0.3) is 0 Å². The molecule has 0 bridgehead atoms. The third-order valence-electron chi connectivity index (χ3n) is 1.11. The first kappa shape index (κ1) is 10.6. The molecule has 0 fully saturated rings. The van der Waals surface area contributed by atoms with Crippen molar-refractivity contribution in [2.45, 2.75) is 0 Å². The second-order valence-corrected chi connectivity index (χ2v) is 2.02. The van der Waals surface area contributed by atoms with E-state index < -0.39 is 0 Å². The molecule has 1 rings (SSSR count). The number of quaternary nitrogens is 1. The molecular weight excluding hydrogens is 200 g/mol. The summed E-state index contributed by atoms with van der Waals surface area (Å²) >= 11 is 0. The second kappa shape index (κ2) is 6.97. The highest BCUT2D eigenvalue weighted by atomic mass is 15.6. The van der Waals surface area contributed by atoms with E-state index >= 15 is 0 Å². The number of nitrogens with one attached hydrogen (secondary N) is 1. The summed E-state index contributed by atoms with van der Waals surface area (Å²) in [5, 5.41) is 33.9. The summed E-state index contributed by atoms with van der Waals surface area (Å²) in [6.45, 7) is 0. The molecule has 0 saturated carbocycles. The Kier molecular flexibility index (Phi) is 4.92. The van der Waals surface area contributed by atoms with Crippen LogP contribution in [0.5, 0.6) is 0 Å². The lowest BCUT2D eigenvalue weighted by Gasteiger charge is -1.75. The van der Waals surface area contributed by atoms with Gasteiger partial charge in [-0.05, 0) is 31.3 Å². The number of hydrogen-bond donors (Lipinski definition) is 2. The molecular formula is C5H7N10+. The quantitative estimate of drug-likeness (QED) is 0.288. The predicted molar refractivity (Wildman–Crippen MR) is 47.4 cm³/mol. The Morgan fingerprint density at radius 1 is 1.07 bits per heavy atom. The van der Waals surface area contributed by atoms with Crippen LogP contribution in [0.4, 0.5) is 0 Å². The normalized spacial score (nSPS) is 16.4. The van der Waals surface area contributed by atoms with Crippen molar-refractivity contribution in [1.82, 2.24) is 0 Å². The molecule has 10 nitrogen and oxygen atoms in total. The molecule has 0 atom stereocenters. The molecule has 1 aliphatic heterocycles. The highest BCUT2D eigenvalue weighted by molar-refractivity contribution is 5.49. The zero-order valence-corrected chi connectivity index (χ0v) is 7.46. The summed E-state index contributed by atoms with van der Waals surface area (Å²) in [5.74, 6) is 0. The average Bonchev–Trinajstić information content (AvgIpc) is 2.75. The minimum absolute atomic E-state index is 0.675. The van der Waals surface area contributed by atoms with Crippen LogP contribution < -0.4 is 5.32 Å². The van der Waals surface area contributed by atoms with Crippen molar-refractivity contribution in [3.63, 3.8) is 0 Å². The second-order valence-electron chi connectivity index (χ2n) is 2.02. The first-order valence-electron chi connectivity index (χ1n) is 3.75. The van der Waals surface area contributed by atoms with E-state index in [1.807, 2.05) is 11.5 Å². The van der Waals surface area contributed by atoms with Crippen LogP contribution in [0.15, 0.2) is 65.7 Å². The summed E-state index contributed by atoms with van der Waals surface area (Å²) < 4.78 is 0. The number of nitrogens with zero attached hydrogens (tertiary/aromatic N) is 8. The summed E-state index contributed by atoms with van der Waals surface area (Å²) in [5.41, 5.74) is 0.675. The van der Waals surface area contributed by atoms with Crippen molar-refractivity contribution in [2.75, 3.05) is 0 Å². The molecule has 0 aromatic carbocycles. The van der Waals surface area contributed by atoms with Crippen LogP contribution in [0.25, 0.3) is 0 Å². The lowest BCUT2D eigenvalue weighted by molar-refractivity contribution is -0.510. The Balaban J connectivity index is 2.27. The summed E-state index contributed by atoms with van der Waals surface area (Å²) in [6.07, 6.45) is 6.06. The van der Waals surface area contributed by atoms with Crippen LogP contribution >= 0.6 is 0 Å². The smallest absolute Gasteiger partial charge is 0.146 e. The van der Waals surface area contributed by atoms with Gasteiger partial charge in [-0.2, -0.15) is 0 Å². The number of allylic oxidation sites excluding steroid dienone is 1. The molecule has 3 N–H and O–H groups in total. The van der Waals surface area contributed by atoms with Crippen LogP contribution in [0.3, 0.4) is 0 Å². The van der Waals surface area contributed by atoms with Gasteiger partial charge in [-0.3, -0.25) is 10.7 Å². The summed E-state index contributed by atoms with van der Waals surface area (Å²) in [6, 6.07) is 0. The standard InChI is InChI=1S/C5H6N10/c6-4-8-10-12-14-15-13-11-9-5-1-2-7-3-5/h1-4,6-7H/p+1/b6-4?,10-8?,11-9?,14-12+,15-13+. The maximum atomic E-state index is 6.45. The largest absolute Gasteiger partial charge is 0.292 e. The van der Waals surface area contributed by atoms with Crippen LogP contribution in [0, 0.1) is 5.41 Å². The third-order valence-corrected chi connectivity index (χ3v) is 1.11. The van der Waals surface area contributed by atoms with Gasteiger partial charge in [0.2, 0.25) is 0 Å². The van der Waals surface area contributed by atoms with E-state index in [0.717, 1.165) is 0 Å². The molecule has 0 saturated heterocycles. The molecule has 0 aromatic rings. The van der Waals surface area contributed by atoms with Gasteiger partial charge in [0.05, 0.1) is 6.20 Å². The summed E-state index contributed by atoms with van der Waals surface area (Å²) in [4.78, 5) is 0. The fourth-order valence-corrected chi connectivity index (χ4v) is 0.623. The van der Waals surface area contributed by atoms with Crippen molar-refractivity contribution in [1.29, 1.82) is 5.41 Å². The average molecular weight is 207 g/mol. The highest BCUT2D eigenvalue weighted by Gasteiger charge is 1.96. The topological polar surface area (TPSA) is 139 Å². The molecule has 76 valence electrons. The molecule has 10 heteroatoms. The van der Waals surface area contributed by atoms with Crippen molar-refractivity contribution < 1.29 is 5.32 Å². The van der Waals surface area contributed by atoms with Crippen molar-refractivity contribution in [3.8, 4) is 0 Å². The fourth-order valence-electron chi connectivity index (χ4n) is 0.623. The first-order chi connectivity index (χ1) is 7.43. The van der Waals surface area contributed by atoms with Gasteiger partial charge >= 0.3 is 0 Å². The minimum Gasteiger partial charge on any atom is -0.292 e. The van der Waals surface area contributed by atoms with E-state index in [4.69, 9.17) is 5.41 Å². The molecule has 1 heterocycles. The molecule has 0 aromatic heterocycles. The fraction of sp³-hybridized carbons (Fsp3) is 0. The van der Waals surface area contributed by atoms with Gasteiger partial charge in [0, 0.05) is 6.08 Å². The van der Waals surface area contributed by atoms with Gasteiger partial charge in [0.1, 0.15) is 18.2 Å². The van der Waals surface area contributed by atoms with Crippen molar-refractivity contribution in [2.24, 2.45) is 41.6 Å². The van der Waals surface area contributed by atoms with Crippen LogP contribution in [-0.2, 0) is 0 Å². The Bertz CT molecular complexity index is 371. The van der Waals surface area contributed by atoms with E-state index in [1.165, 1.54) is 0 Å².